The lowest BCUT2D eigenvalue weighted by atomic mass is 9.78. The third-order valence-electron chi connectivity index (χ3n) is 3.99. The van der Waals surface area contributed by atoms with Crippen molar-refractivity contribution in [2.45, 2.75) is 75.9 Å². The van der Waals surface area contributed by atoms with Crippen LogP contribution in [0.1, 0.15) is 58.8 Å². The molecule has 0 amide bonds. The second-order valence-corrected chi connectivity index (χ2v) is 6.30. The molecule has 1 spiro atoms. The van der Waals surface area contributed by atoms with E-state index < -0.39 is 0 Å². The molecule has 1 saturated carbocycles. The van der Waals surface area contributed by atoms with E-state index in [9.17, 15) is 0 Å². The fourth-order valence-corrected chi connectivity index (χ4v) is 3.54. The summed E-state index contributed by atoms with van der Waals surface area (Å²) in [6, 6.07) is 0. The van der Waals surface area contributed by atoms with Crippen molar-refractivity contribution in [3.63, 3.8) is 0 Å². The Labute approximate surface area is 98.5 Å². The van der Waals surface area contributed by atoms with E-state index in [4.69, 9.17) is 16.3 Å². The number of hydrogen-bond acceptors (Lipinski definition) is 1. The highest BCUT2D eigenvalue weighted by Gasteiger charge is 2.42. The largest absolute Gasteiger partial charge is 0.371 e. The van der Waals surface area contributed by atoms with Gasteiger partial charge in [0.2, 0.25) is 0 Å². The number of rotatable bonds is 1. The molecule has 0 bridgehead atoms. The minimum absolute atomic E-state index is 0.151. The Morgan fingerprint density at radius 1 is 1.20 bits per heavy atom. The highest BCUT2D eigenvalue weighted by Crippen LogP contribution is 2.43. The molecule has 1 heterocycles. The van der Waals surface area contributed by atoms with Crippen molar-refractivity contribution in [1.29, 1.82) is 0 Å². The monoisotopic (exact) mass is 230 g/mol. The number of ether oxygens (including phenoxy) is 1. The maximum Gasteiger partial charge on any atom is 0.0700 e. The minimum atomic E-state index is 0.151. The van der Waals surface area contributed by atoms with Crippen LogP contribution in [0, 0.1) is 5.92 Å². The van der Waals surface area contributed by atoms with E-state index >= 15 is 0 Å². The third kappa shape index (κ3) is 2.68. The number of alkyl halides is 1. The van der Waals surface area contributed by atoms with Crippen molar-refractivity contribution >= 4 is 11.6 Å². The number of halogens is 1. The molecule has 88 valence electrons. The molecule has 0 radical (unpaired) electrons. The van der Waals surface area contributed by atoms with Gasteiger partial charge in [-0.1, -0.05) is 33.1 Å². The second-order valence-electron chi connectivity index (χ2n) is 5.68. The first kappa shape index (κ1) is 11.7. The Balaban J connectivity index is 2.04. The van der Waals surface area contributed by atoms with Crippen molar-refractivity contribution in [3.8, 4) is 0 Å². The molecule has 1 aliphatic carbocycles. The topological polar surface area (TPSA) is 9.23 Å². The first-order chi connectivity index (χ1) is 7.11. The van der Waals surface area contributed by atoms with Crippen molar-refractivity contribution < 1.29 is 4.74 Å². The zero-order valence-corrected chi connectivity index (χ0v) is 10.7. The Hall–Kier alpha value is 0.250. The predicted molar refractivity (Wildman–Crippen MR) is 64.4 cm³/mol. The summed E-state index contributed by atoms with van der Waals surface area (Å²) < 4.78 is 6.36. The van der Waals surface area contributed by atoms with Gasteiger partial charge in [-0.2, -0.15) is 0 Å². The quantitative estimate of drug-likeness (QED) is 0.616. The van der Waals surface area contributed by atoms with Crippen molar-refractivity contribution in [2.75, 3.05) is 0 Å². The first-order valence-corrected chi connectivity index (χ1v) is 6.87. The van der Waals surface area contributed by atoms with Gasteiger partial charge >= 0.3 is 0 Å². The molecule has 0 N–H and O–H groups in total. The van der Waals surface area contributed by atoms with E-state index in [1.165, 1.54) is 32.1 Å². The van der Waals surface area contributed by atoms with Crippen LogP contribution in [-0.4, -0.2) is 17.1 Å². The van der Waals surface area contributed by atoms with Crippen LogP contribution in [0.3, 0.4) is 0 Å². The second kappa shape index (κ2) is 4.63. The molecule has 15 heavy (non-hydrogen) atoms. The zero-order chi connectivity index (χ0) is 10.9. The Bertz CT molecular complexity index is 209. The summed E-state index contributed by atoms with van der Waals surface area (Å²) in [5.74, 6) is 0.602. The summed E-state index contributed by atoms with van der Waals surface area (Å²) in [7, 11) is 0. The van der Waals surface area contributed by atoms with E-state index in [0.29, 0.717) is 17.4 Å². The average Bonchev–Trinajstić information content (AvgIpc) is 2.17. The molecular formula is C13H23ClO. The van der Waals surface area contributed by atoms with Gasteiger partial charge in [-0.25, -0.2) is 0 Å². The molecule has 2 rings (SSSR count). The maximum atomic E-state index is 6.40. The molecule has 0 aromatic rings. The molecule has 0 aromatic heterocycles. The van der Waals surface area contributed by atoms with E-state index in [2.05, 4.69) is 13.8 Å². The van der Waals surface area contributed by atoms with Gasteiger partial charge in [-0.15, -0.1) is 11.6 Å². The van der Waals surface area contributed by atoms with Gasteiger partial charge in [0.15, 0.2) is 0 Å². The standard InChI is InChI=1S/C13H23ClO/c1-10(2)12-8-11(14)9-13(15-12)6-4-3-5-7-13/h10-12H,3-9H2,1-2H3/t11-,12-/m0/s1. The van der Waals surface area contributed by atoms with Crippen molar-refractivity contribution in [2.24, 2.45) is 5.92 Å². The highest BCUT2D eigenvalue weighted by molar-refractivity contribution is 6.20. The van der Waals surface area contributed by atoms with Crippen LogP contribution >= 0.6 is 11.6 Å². The zero-order valence-electron chi connectivity index (χ0n) is 9.97. The molecule has 1 nitrogen and oxygen atoms in total. The van der Waals surface area contributed by atoms with Crippen LogP contribution in [-0.2, 0) is 4.74 Å². The summed E-state index contributed by atoms with van der Waals surface area (Å²) in [6.07, 6.45) is 9.02. The van der Waals surface area contributed by atoms with Gasteiger partial charge in [0.05, 0.1) is 11.7 Å². The van der Waals surface area contributed by atoms with E-state index in [-0.39, 0.29) is 5.60 Å². The average molecular weight is 231 g/mol. The van der Waals surface area contributed by atoms with Crippen LogP contribution in [0.2, 0.25) is 0 Å². The highest BCUT2D eigenvalue weighted by atomic mass is 35.5. The summed E-state index contributed by atoms with van der Waals surface area (Å²) in [4.78, 5) is 0. The fourth-order valence-electron chi connectivity index (χ4n) is 3.08. The Morgan fingerprint density at radius 3 is 2.47 bits per heavy atom. The van der Waals surface area contributed by atoms with Gasteiger partial charge in [-0.3, -0.25) is 0 Å². The summed E-state index contributed by atoms with van der Waals surface area (Å²) in [5, 5.41) is 0.337. The lowest BCUT2D eigenvalue weighted by molar-refractivity contribution is -0.157. The van der Waals surface area contributed by atoms with Gasteiger partial charge in [0.25, 0.3) is 0 Å². The van der Waals surface area contributed by atoms with Crippen LogP contribution < -0.4 is 0 Å². The molecule has 2 atom stereocenters. The normalized spacial score (nSPS) is 36.0. The fraction of sp³-hybridized carbons (Fsp3) is 1.00. The van der Waals surface area contributed by atoms with Gasteiger partial charge in [0.1, 0.15) is 0 Å². The van der Waals surface area contributed by atoms with Crippen LogP contribution in [0.5, 0.6) is 0 Å². The van der Waals surface area contributed by atoms with Crippen LogP contribution in [0.25, 0.3) is 0 Å². The molecule has 2 aliphatic rings. The van der Waals surface area contributed by atoms with E-state index in [0.717, 1.165) is 12.8 Å². The van der Waals surface area contributed by atoms with Crippen molar-refractivity contribution in [3.05, 3.63) is 0 Å². The lowest BCUT2D eigenvalue weighted by Crippen LogP contribution is -2.47. The SMILES string of the molecule is CC(C)[C@@H]1C[C@H](Cl)CC2(CCCCC2)O1. The summed E-state index contributed by atoms with van der Waals surface area (Å²) >= 11 is 6.40. The van der Waals surface area contributed by atoms with Crippen molar-refractivity contribution in [1.82, 2.24) is 0 Å². The molecule has 0 unspecified atom stereocenters. The van der Waals surface area contributed by atoms with Crippen LogP contribution in [0.4, 0.5) is 0 Å². The minimum Gasteiger partial charge on any atom is -0.371 e. The molecule has 2 heteroatoms. The molecule has 1 saturated heterocycles. The summed E-state index contributed by atoms with van der Waals surface area (Å²) in [5.41, 5.74) is 0.151. The Kier molecular flexibility index (Phi) is 3.62. The van der Waals surface area contributed by atoms with Gasteiger partial charge in [0, 0.05) is 5.38 Å². The van der Waals surface area contributed by atoms with Gasteiger partial charge in [-0.05, 0) is 31.6 Å². The lowest BCUT2D eigenvalue weighted by Gasteiger charge is -2.46. The predicted octanol–water partition coefficient (Wildman–Crippen LogP) is 4.13. The molecule has 2 fully saturated rings. The van der Waals surface area contributed by atoms with Gasteiger partial charge < -0.3 is 4.74 Å². The third-order valence-corrected chi connectivity index (χ3v) is 4.32. The van der Waals surface area contributed by atoms with E-state index in [1.54, 1.807) is 0 Å². The van der Waals surface area contributed by atoms with Crippen LogP contribution in [0.15, 0.2) is 0 Å². The molecular weight excluding hydrogens is 208 g/mol. The van der Waals surface area contributed by atoms with E-state index in [1.807, 2.05) is 0 Å². The smallest absolute Gasteiger partial charge is 0.0700 e. The molecule has 0 aromatic carbocycles. The number of hydrogen-bond donors (Lipinski definition) is 0. The molecule has 1 aliphatic heterocycles. The first-order valence-electron chi connectivity index (χ1n) is 6.43. The maximum absolute atomic E-state index is 6.40. The summed E-state index contributed by atoms with van der Waals surface area (Å²) in [6.45, 7) is 4.49. The Morgan fingerprint density at radius 2 is 1.87 bits per heavy atom.